The first kappa shape index (κ1) is 13.6. The van der Waals surface area contributed by atoms with E-state index >= 15 is 0 Å². The van der Waals surface area contributed by atoms with Gasteiger partial charge >= 0.3 is 0 Å². The largest absolute Gasteiger partial charge is 0.378 e. The highest BCUT2D eigenvalue weighted by Gasteiger charge is 2.00. The number of hydrogen-bond donors (Lipinski definition) is 0. The summed E-state index contributed by atoms with van der Waals surface area (Å²) in [6, 6.07) is 16.3. The van der Waals surface area contributed by atoms with Gasteiger partial charge in [-0.05, 0) is 34.9 Å². The average Bonchev–Trinajstić information content (AvgIpc) is 2.47. The summed E-state index contributed by atoms with van der Waals surface area (Å²) in [7, 11) is 4.04. The normalized spacial score (nSPS) is 9.60. The van der Waals surface area contributed by atoms with E-state index in [1.807, 2.05) is 32.3 Å². The molecule has 0 radical (unpaired) electrons. The number of benzene rings is 2. The van der Waals surface area contributed by atoms with Gasteiger partial charge in [-0.15, -0.1) is 0 Å². The Balaban J connectivity index is 2.32. The second kappa shape index (κ2) is 5.91. The van der Waals surface area contributed by atoms with Crippen molar-refractivity contribution in [1.29, 1.82) is 10.5 Å². The van der Waals surface area contributed by atoms with Crippen LogP contribution >= 0.6 is 0 Å². The topological polar surface area (TPSA) is 50.8 Å². The molecule has 0 N–H and O–H groups in total. The van der Waals surface area contributed by atoms with Crippen LogP contribution in [0.1, 0.15) is 5.56 Å². The monoisotopic (exact) mass is 261 g/mol. The van der Waals surface area contributed by atoms with Crippen LogP contribution in [0, 0.1) is 22.7 Å². The van der Waals surface area contributed by atoms with Crippen LogP contribution in [-0.2, 0) is 6.42 Å². The van der Waals surface area contributed by atoms with E-state index in [0.717, 1.165) is 10.9 Å². The number of rotatable bonds is 3. The van der Waals surface area contributed by atoms with Crippen molar-refractivity contribution in [1.82, 2.24) is 0 Å². The molecule has 0 saturated heterocycles. The van der Waals surface area contributed by atoms with Crippen molar-refractivity contribution < 1.29 is 0 Å². The fraction of sp³-hybridized carbons (Fsp3) is 0.176. The molecule has 0 unspecified atom stereocenters. The van der Waals surface area contributed by atoms with E-state index in [0.29, 0.717) is 6.42 Å². The van der Waals surface area contributed by atoms with Crippen LogP contribution in [0.2, 0.25) is 0 Å². The van der Waals surface area contributed by atoms with E-state index in [1.165, 1.54) is 11.1 Å². The molecule has 2 rings (SSSR count). The second-order valence-corrected chi connectivity index (χ2v) is 4.81. The molecule has 20 heavy (non-hydrogen) atoms. The molecule has 0 bridgehead atoms. The van der Waals surface area contributed by atoms with Gasteiger partial charge in [-0.3, -0.25) is 0 Å². The quantitative estimate of drug-likeness (QED) is 0.795. The summed E-state index contributed by atoms with van der Waals surface area (Å²) >= 11 is 0. The number of allylic oxidation sites excluding steroid dienone is 2. The molecule has 0 aliphatic rings. The molecular weight excluding hydrogens is 246 g/mol. The zero-order valence-electron chi connectivity index (χ0n) is 11.6. The predicted molar refractivity (Wildman–Crippen MR) is 81.3 cm³/mol. The molecule has 2 aromatic carbocycles. The summed E-state index contributed by atoms with van der Waals surface area (Å²) in [6.45, 7) is 0. The van der Waals surface area contributed by atoms with Gasteiger partial charge in [-0.25, -0.2) is 0 Å². The molecule has 0 saturated carbocycles. The van der Waals surface area contributed by atoms with Gasteiger partial charge in [0.05, 0.1) is 0 Å². The number of nitrogens with zero attached hydrogens (tertiary/aromatic N) is 3. The van der Waals surface area contributed by atoms with E-state index in [1.54, 1.807) is 6.08 Å². The minimum Gasteiger partial charge on any atom is -0.378 e. The van der Waals surface area contributed by atoms with E-state index in [4.69, 9.17) is 10.5 Å². The highest BCUT2D eigenvalue weighted by atomic mass is 15.1. The Morgan fingerprint density at radius 3 is 2.35 bits per heavy atom. The van der Waals surface area contributed by atoms with E-state index in [2.05, 4.69) is 35.2 Å². The SMILES string of the molecule is CN(C)c1ccc2cc(CC=C(C#N)C#N)ccc2c1. The van der Waals surface area contributed by atoms with Crippen LogP contribution in [0.25, 0.3) is 10.8 Å². The van der Waals surface area contributed by atoms with Crippen LogP contribution in [0.15, 0.2) is 48.0 Å². The van der Waals surface area contributed by atoms with E-state index in [9.17, 15) is 0 Å². The Morgan fingerprint density at radius 2 is 1.70 bits per heavy atom. The van der Waals surface area contributed by atoms with Gasteiger partial charge < -0.3 is 4.90 Å². The van der Waals surface area contributed by atoms with Crippen molar-refractivity contribution in [2.24, 2.45) is 0 Å². The van der Waals surface area contributed by atoms with Gasteiger partial charge in [0.2, 0.25) is 0 Å². The van der Waals surface area contributed by atoms with E-state index < -0.39 is 0 Å². The molecular formula is C17H15N3. The fourth-order valence-corrected chi connectivity index (χ4v) is 2.02. The molecule has 0 spiro atoms. The molecule has 98 valence electrons. The minimum atomic E-state index is 0.160. The van der Waals surface area contributed by atoms with Gasteiger partial charge in [0.25, 0.3) is 0 Å². The van der Waals surface area contributed by atoms with Crippen LogP contribution < -0.4 is 4.90 Å². The van der Waals surface area contributed by atoms with Crippen molar-refractivity contribution in [3.63, 3.8) is 0 Å². The molecule has 0 aliphatic carbocycles. The third kappa shape index (κ3) is 2.96. The zero-order valence-corrected chi connectivity index (χ0v) is 11.6. The Hall–Kier alpha value is -2.78. The molecule has 3 heteroatoms. The standard InChI is InChI=1S/C17H15N3/c1-20(2)17-8-7-15-9-13(5-6-16(15)10-17)3-4-14(11-18)12-19/h4-10H,3H2,1-2H3. The first-order chi connectivity index (χ1) is 9.63. The molecule has 0 aliphatic heterocycles. The maximum absolute atomic E-state index is 8.71. The summed E-state index contributed by atoms with van der Waals surface area (Å²) in [5, 5.41) is 19.8. The van der Waals surface area contributed by atoms with Crippen LogP contribution in [0.5, 0.6) is 0 Å². The van der Waals surface area contributed by atoms with Gasteiger partial charge in [0.15, 0.2) is 0 Å². The lowest BCUT2D eigenvalue weighted by molar-refractivity contribution is 1.13. The Morgan fingerprint density at radius 1 is 1.05 bits per heavy atom. The average molecular weight is 261 g/mol. The number of fused-ring (bicyclic) bond motifs is 1. The number of nitriles is 2. The van der Waals surface area contributed by atoms with Crippen molar-refractivity contribution >= 4 is 16.5 Å². The predicted octanol–water partition coefficient (Wildman–Crippen LogP) is 3.42. The molecule has 0 heterocycles. The Bertz CT molecular complexity index is 727. The lowest BCUT2D eigenvalue weighted by Crippen LogP contribution is -2.07. The van der Waals surface area contributed by atoms with Crippen molar-refractivity contribution in [2.45, 2.75) is 6.42 Å². The van der Waals surface area contributed by atoms with Crippen LogP contribution in [0.4, 0.5) is 5.69 Å². The molecule has 2 aromatic rings. The highest BCUT2D eigenvalue weighted by Crippen LogP contribution is 2.22. The van der Waals surface area contributed by atoms with Crippen molar-refractivity contribution in [3.8, 4) is 12.1 Å². The maximum atomic E-state index is 8.71. The molecule has 3 nitrogen and oxygen atoms in total. The van der Waals surface area contributed by atoms with Gasteiger partial charge in [0.1, 0.15) is 17.7 Å². The van der Waals surface area contributed by atoms with Crippen molar-refractivity contribution in [2.75, 3.05) is 19.0 Å². The van der Waals surface area contributed by atoms with E-state index in [-0.39, 0.29) is 5.57 Å². The first-order valence-electron chi connectivity index (χ1n) is 6.34. The lowest BCUT2D eigenvalue weighted by Gasteiger charge is -2.13. The fourth-order valence-electron chi connectivity index (χ4n) is 2.02. The summed E-state index contributed by atoms with van der Waals surface area (Å²) in [5.74, 6) is 0. The molecule has 0 amide bonds. The van der Waals surface area contributed by atoms with Crippen molar-refractivity contribution in [3.05, 3.63) is 53.6 Å². The molecule has 0 aromatic heterocycles. The van der Waals surface area contributed by atoms with Gasteiger partial charge in [-0.2, -0.15) is 10.5 Å². The van der Waals surface area contributed by atoms with Gasteiger partial charge in [-0.1, -0.05) is 30.3 Å². The lowest BCUT2D eigenvalue weighted by atomic mass is 10.0. The Kier molecular flexibility index (Phi) is 4.03. The maximum Gasteiger partial charge on any atom is 0.126 e. The van der Waals surface area contributed by atoms with Crippen LogP contribution in [0.3, 0.4) is 0 Å². The summed E-state index contributed by atoms with van der Waals surface area (Å²) in [6.07, 6.45) is 2.26. The first-order valence-corrected chi connectivity index (χ1v) is 6.34. The third-order valence-electron chi connectivity index (χ3n) is 3.19. The van der Waals surface area contributed by atoms with Crippen LogP contribution in [-0.4, -0.2) is 14.1 Å². The summed E-state index contributed by atoms with van der Waals surface area (Å²) in [4.78, 5) is 2.07. The van der Waals surface area contributed by atoms with Gasteiger partial charge in [0, 0.05) is 19.8 Å². The minimum absolute atomic E-state index is 0.160. The summed E-state index contributed by atoms with van der Waals surface area (Å²) in [5.41, 5.74) is 2.42. The highest BCUT2D eigenvalue weighted by molar-refractivity contribution is 5.86. The molecule has 0 atom stereocenters. The third-order valence-corrected chi connectivity index (χ3v) is 3.19. The Labute approximate surface area is 119 Å². The molecule has 0 fully saturated rings. The zero-order chi connectivity index (χ0) is 14.5. The smallest absolute Gasteiger partial charge is 0.126 e. The summed E-state index contributed by atoms with van der Waals surface area (Å²) < 4.78 is 0. The number of hydrogen-bond acceptors (Lipinski definition) is 3. The number of anilines is 1. The second-order valence-electron chi connectivity index (χ2n) is 4.81.